The Balaban J connectivity index is 0.000000755. The van der Waals surface area contributed by atoms with Crippen molar-refractivity contribution in [1.29, 1.82) is 0 Å². The summed E-state index contributed by atoms with van der Waals surface area (Å²) in [7, 11) is -16.5. The maximum absolute atomic E-state index is 16.9. The van der Waals surface area contributed by atoms with Gasteiger partial charge in [0.25, 0.3) is 0 Å². The van der Waals surface area contributed by atoms with E-state index in [4.69, 9.17) is 64.9 Å². The molecule has 0 aliphatic carbocycles. The van der Waals surface area contributed by atoms with Crippen LogP contribution in [0.4, 0.5) is 159 Å². The molecule has 0 saturated heterocycles. The first kappa shape index (κ1) is 106. The van der Waals surface area contributed by atoms with Gasteiger partial charge in [0.2, 0.25) is 69.3 Å². The van der Waals surface area contributed by atoms with Crippen LogP contribution in [0, 0.1) is 93.1 Å². The van der Waals surface area contributed by atoms with Crippen LogP contribution >= 0.6 is 0 Å². The maximum Gasteiger partial charge on any atom is 3.00 e. The first-order valence-corrected chi connectivity index (χ1v) is 37.1. The van der Waals surface area contributed by atoms with E-state index in [2.05, 4.69) is 19.9 Å². The summed E-state index contributed by atoms with van der Waals surface area (Å²) in [4.78, 5) is 17.2. The molecule has 9 rings (SSSR count). The third-order valence-corrected chi connectivity index (χ3v) is 17.5. The number of fused-ring (bicyclic) bond motifs is 8. The van der Waals surface area contributed by atoms with Gasteiger partial charge in [-0.1, -0.05) is 24.3 Å². The van der Waals surface area contributed by atoms with Gasteiger partial charge in [0.15, 0.2) is 97.1 Å². The normalized spacial score (nSPS) is 13.3. The number of hydrogen-bond donors (Lipinski definition) is 0. The van der Waals surface area contributed by atoms with Gasteiger partial charge in [0, 0.05) is 0 Å². The molecule has 5 heterocycles. The molecule has 2 aliphatic rings. The zero-order valence-corrected chi connectivity index (χ0v) is 66.2. The molecule has 0 spiro atoms. The van der Waals surface area contributed by atoms with E-state index in [1.807, 2.05) is 0 Å². The minimum absolute atomic E-state index is 0. The van der Waals surface area contributed by atoms with Gasteiger partial charge in [-0.05, 0) is 46.6 Å². The third kappa shape index (κ3) is 23.0. The van der Waals surface area contributed by atoms with Crippen molar-refractivity contribution in [3.05, 3.63) is 140 Å². The Morgan fingerprint density at radius 1 is 0.240 bits per heavy atom. The molecule has 4 aromatic carbocycles. The maximum atomic E-state index is 16.9. The Morgan fingerprint density at radius 2 is 0.347 bits per heavy atom. The second kappa shape index (κ2) is 35.5. The fourth-order valence-corrected chi connectivity index (χ4v) is 9.83. The standard InChI is InChI=1S/C56H44F16N8.5CHF3O3S.Mn/c1-77(2,3)53-45(65)37(57)33(38(58)46(53)66)29-21-13-15-23(73-21)30(34-39(59)47(67)54(78(4,5)6)48(68)40(34)60)25-17-19-27(75-25)32(36-43(63)51(71)56(80(10,11)12)52(72)44(36)64)28-20-18-26(76-28)31(24-16-14-22(29)74-24)35-41(61)49(69)55(79(7,8)9)50(70)42(35)62;5*2-1(3,4)8(5,6)7;/h13-20H,1-12H3;5*(H,5,6,7);/q+2;;;;;;+3/p-5. The van der Waals surface area contributed by atoms with Crippen molar-refractivity contribution in [2.24, 2.45) is 0 Å². The number of rotatable bonds is 8. The topological polar surface area (TPSA) is 340 Å². The van der Waals surface area contributed by atoms with Crippen molar-refractivity contribution >= 4 is 120 Å². The van der Waals surface area contributed by atoms with Gasteiger partial charge in [0.05, 0.1) is 130 Å². The number of alkyl halides is 15. The van der Waals surface area contributed by atoms with Crippen LogP contribution in [-0.2, 0) is 67.7 Å². The van der Waals surface area contributed by atoms with E-state index >= 15 is 70.2 Å². The average molecular weight is 1930 g/mol. The molecule has 121 heavy (non-hydrogen) atoms. The molecule has 0 N–H and O–H groups in total. The van der Waals surface area contributed by atoms with Crippen molar-refractivity contribution in [1.82, 2.24) is 37.9 Å². The Labute approximate surface area is 669 Å². The van der Waals surface area contributed by atoms with Crippen LogP contribution in [0.3, 0.4) is 0 Å². The van der Waals surface area contributed by atoms with Crippen molar-refractivity contribution in [3.63, 3.8) is 0 Å². The molecule has 0 saturated carbocycles. The van der Waals surface area contributed by atoms with Crippen LogP contribution in [0.15, 0.2) is 24.3 Å². The van der Waals surface area contributed by atoms with Gasteiger partial charge in [0.1, 0.15) is 0 Å². The van der Waals surface area contributed by atoms with E-state index in [0.717, 1.165) is 133 Å². The molecule has 7 aromatic rings. The molecule has 0 unspecified atom stereocenters. The summed E-state index contributed by atoms with van der Waals surface area (Å²) >= 11 is 0. The molecule has 0 amide bonds. The van der Waals surface area contributed by atoms with Crippen molar-refractivity contribution in [3.8, 4) is 44.5 Å². The molecule has 672 valence electrons. The number of quaternary nitrogens is 4. The summed E-state index contributed by atoms with van der Waals surface area (Å²) < 4.78 is 557. The number of halogens is 31. The van der Waals surface area contributed by atoms with E-state index in [-0.39, 0.29) is 17.1 Å². The fourth-order valence-electron chi connectivity index (χ4n) is 9.83. The van der Waals surface area contributed by atoms with Crippen molar-refractivity contribution < 1.29 is 218 Å². The van der Waals surface area contributed by atoms with E-state index in [1.54, 1.807) is 0 Å². The average Bonchev–Trinajstić information content (AvgIpc) is 1.50. The second-order valence-corrected chi connectivity index (χ2v) is 33.7. The Bertz CT molecular complexity index is 5260. The van der Waals surface area contributed by atoms with Crippen LogP contribution in [0.5, 0.6) is 0 Å². The minimum Gasteiger partial charge on any atom is -0.741 e. The van der Waals surface area contributed by atoms with Crippen LogP contribution in [0.25, 0.3) is 90.9 Å². The quantitative estimate of drug-likeness (QED) is 0.0340. The molecule has 0 radical (unpaired) electrons. The predicted molar refractivity (Wildman–Crippen MR) is 355 cm³/mol. The molecule has 0 fully saturated rings. The fraction of sp³-hybridized carbons (Fsp3) is 0.279. The minimum atomic E-state index is -6.09. The molecule has 2 aliphatic heterocycles. The SMILES string of the molecule is C[N+](C)(C)c1c(F)c(F)c(-c2c3nc(c(-c4c(F)c(F)c([N+](C)(C)C)c(F)c4F)c4ccc([n-]4)c(-c4c(F)c(F)c([N+](C)(C)C)c(F)c4F)c4nc(c(-c5c(F)c(F)c([N+](C)(C)C)c(F)c5F)c5ccc2[n-]5)C=C4)C=C3)c(F)c1F.O=S(=O)([O-])C(F)(F)F.O=S(=O)([O-])C(F)(F)F.O=S(=O)([O-])C(F)(F)F.O=S(=O)([O-])C(F)(F)F.O=S(=O)([O-])C(F)(F)F.[Mn+3]. The van der Waals surface area contributed by atoms with Crippen molar-refractivity contribution in [2.75, 3.05) is 84.6 Å². The zero-order valence-electron chi connectivity index (χ0n) is 61.0. The predicted octanol–water partition coefficient (Wildman–Crippen LogP) is 13.8. The Morgan fingerprint density at radius 3 is 0.438 bits per heavy atom. The number of nitrogens with zero attached hydrogens (tertiary/aromatic N) is 8. The monoisotopic (exact) mass is 1930 g/mol. The van der Waals surface area contributed by atoms with Crippen LogP contribution in [0.1, 0.15) is 22.8 Å². The summed E-state index contributed by atoms with van der Waals surface area (Å²) in [5.74, 6) is -32.4. The van der Waals surface area contributed by atoms with Gasteiger partial charge < -0.3 is 32.7 Å². The summed E-state index contributed by atoms with van der Waals surface area (Å²) in [5.41, 5.74) is -49.6. The Kier molecular flexibility index (Phi) is 31.2. The summed E-state index contributed by atoms with van der Waals surface area (Å²) in [6.07, 6.45) is 3.33. The summed E-state index contributed by atoms with van der Waals surface area (Å²) in [5, 5.41) is 0. The van der Waals surface area contributed by atoms with E-state index < -0.39 is 301 Å². The smallest absolute Gasteiger partial charge is 0.741 e. The van der Waals surface area contributed by atoms with Crippen molar-refractivity contribution in [2.45, 2.75) is 27.5 Å². The largest absolute Gasteiger partial charge is 3.00 e. The third-order valence-electron chi connectivity index (χ3n) is 14.7. The number of benzene rings is 4. The molecule has 8 bridgehead atoms. The Hall–Kier alpha value is -8.78. The van der Waals surface area contributed by atoms with E-state index in [1.165, 1.54) is 0 Å². The summed E-state index contributed by atoms with van der Waals surface area (Å²) in [6, 6.07) is 3.33. The first-order valence-electron chi connectivity index (χ1n) is 30.1. The molecule has 23 nitrogen and oxygen atoms in total. The molecule has 3 aromatic heterocycles. The first-order chi connectivity index (χ1) is 53.2. The number of aromatic nitrogens is 4. The molecular weight excluding hydrogens is 1890 g/mol. The van der Waals surface area contributed by atoms with Crippen LogP contribution in [-0.4, -0.2) is 187 Å². The van der Waals surface area contributed by atoms with Gasteiger partial charge >= 0.3 is 44.6 Å². The second-order valence-electron chi connectivity index (χ2n) is 26.8. The number of hydrogen-bond acceptors (Lipinski definition) is 17. The molecule has 0 atom stereocenters. The molecular formula is C61H44F31MnN8O15S5. The van der Waals surface area contributed by atoms with Gasteiger partial charge in [-0.3, -0.25) is 17.9 Å². The van der Waals surface area contributed by atoms with Crippen LogP contribution in [0.2, 0.25) is 0 Å². The van der Waals surface area contributed by atoms with Gasteiger partial charge in [-0.2, -0.15) is 101 Å². The van der Waals surface area contributed by atoms with E-state index in [9.17, 15) is 65.9 Å². The van der Waals surface area contributed by atoms with E-state index in [0.29, 0.717) is 0 Å². The zero-order chi connectivity index (χ0) is 94.3. The molecule has 60 heteroatoms. The van der Waals surface area contributed by atoms with Gasteiger partial charge in [-0.15, -0.1) is 22.1 Å². The summed E-state index contributed by atoms with van der Waals surface area (Å²) in [6.45, 7) is 0. The van der Waals surface area contributed by atoms with Crippen LogP contribution < -0.4 is 27.9 Å². The van der Waals surface area contributed by atoms with Gasteiger partial charge in [-0.25, -0.2) is 87.2 Å².